The number of hydrogen-bond acceptors (Lipinski definition) is 7. The van der Waals surface area contributed by atoms with Crippen molar-refractivity contribution < 1.29 is 4.74 Å². The van der Waals surface area contributed by atoms with Crippen molar-refractivity contribution in [2.75, 3.05) is 18.6 Å². The van der Waals surface area contributed by atoms with Crippen molar-refractivity contribution in [1.82, 2.24) is 25.0 Å². The minimum absolute atomic E-state index is 0.154. The molecular formula is C17H15N7O. The highest BCUT2D eigenvalue weighted by atomic mass is 16.5. The summed E-state index contributed by atoms with van der Waals surface area (Å²) in [5.74, 6) is 1.24. The maximum absolute atomic E-state index is 5.95. The Labute approximate surface area is 143 Å². The monoisotopic (exact) mass is 333 g/mol. The van der Waals surface area contributed by atoms with Gasteiger partial charge in [0.15, 0.2) is 0 Å². The van der Waals surface area contributed by atoms with Crippen LogP contribution in [0.3, 0.4) is 0 Å². The maximum Gasteiger partial charge on any atom is 0.222 e. The molecule has 0 bridgehead atoms. The second kappa shape index (κ2) is 5.75. The van der Waals surface area contributed by atoms with E-state index in [9.17, 15) is 0 Å². The van der Waals surface area contributed by atoms with Gasteiger partial charge >= 0.3 is 0 Å². The van der Waals surface area contributed by atoms with E-state index in [1.807, 2.05) is 48.7 Å². The van der Waals surface area contributed by atoms with Crippen LogP contribution in [-0.4, -0.2) is 32.1 Å². The Morgan fingerprint density at radius 1 is 1.04 bits per heavy atom. The quantitative estimate of drug-likeness (QED) is 0.589. The molecule has 0 aliphatic carbocycles. The Kier molecular flexibility index (Phi) is 3.42. The molecule has 2 aromatic heterocycles. The van der Waals surface area contributed by atoms with Crippen LogP contribution in [-0.2, 0) is 0 Å². The summed E-state index contributed by atoms with van der Waals surface area (Å²) in [6.07, 6.45) is 1.84. The van der Waals surface area contributed by atoms with Crippen molar-refractivity contribution in [3.05, 3.63) is 48.7 Å². The Balaban J connectivity index is 1.76. The van der Waals surface area contributed by atoms with Crippen LogP contribution in [0.1, 0.15) is 0 Å². The van der Waals surface area contributed by atoms with Crippen LogP contribution < -0.4 is 16.2 Å². The number of nitrogens with two attached hydrogens (primary N) is 2. The molecule has 4 rings (SSSR count). The Morgan fingerprint density at radius 2 is 1.92 bits per heavy atom. The van der Waals surface area contributed by atoms with Gasteiger partial charge in [-0.05, 0) is 24.3 Å². The first-order valence-electron chi connectivity index (χ1n) is 7.54. The molecule has 4 N–H and O–H groups in total. The van der Waals surface area contributed by atoms with E-state index < -0.39 is 0 Å². The average Bonchev–Trinajstić information content (AvgIpc) is 3.11. The van der Waals surface area contributed by atoms with Gasteiger partial charge in [0, 0.05) is 17.0 Å². The molecular weight excluding hydrogens is 318 g/mol. The number of aromatic nitrogens is 5. The molecule has 0 unspecified atom stereocenters. The number of methoxy groups -OCH3 is 1. The van der Waals surface area contributed by atoms with Gasteiger partial charge in [-0.1, -0.05) is 17.3 Å². The molecule has 2 aromatic carbocycles. The molecule has 0 atom stereocenters. The molecule has 8 heteroatoms. The zero-order valence-corrected chi connectivity index (χ0v) is 13.4. The summed E-state index contributed by atoms with van der Waals surface area (Å²) in [5, 5.41) is 9.15. The van der Waals surface area contributed by atoms with Crippen LogP contribution in [0.2, 0.25) is 0 Å². The van der Waals surface area contributed by atoms with Crippen LogP contribution in [0.5, 0.6) is 5.75 Å². The standard InChI is InChI=1S/C17H15N7O/c1-25-12-4-2-3-11(8-12)24-9-15(22-23-24)10-5-6-14-13(7-10)16(18)21-17(19)20-14/h2-9H,1H3,(H4,18,19,20,21). The van der Waals surface area contributed by atoms with Gasteiger partial charge in [-0.15, -0.1) is 5.10 Å². The van der Waals surface area contributed by atoms with Crippen molar-refractivity contribution in [2.24, 2.45) is 0 Å². The first-order chi connectivity index (χ1) is 12.1. The van der Waals surface area contributed by atoms with E-state index in [1.165, 1.54) is 0 Å². The van der Waals surface area contributed by atoms with Crippen LogP contribution in [0, 0.1) is 0 Å². The van der Waals surface area contributed by atoms with Gasteiger partial charge in [0.25, 0.3) is 0 Å². The number of fused-ring (bicyclic) bond motifs is 1. The predicted octanol–water partition coefficient (Wildman–Crippen LogP) is 2.05. The van der Waals surface area contributed by atoms with Crippen molar-refractivity contribution in [3.63, 3.8) is 0 Å². The second-order valence-electron chi connectivity index (χ2n) is 5.45. The number of rotatable bonds is 3. The van der Waals surface area contributed by atoms with Crippen LogP contribution in [0.25, 0.3) is 27.8 Å². The number of benzene rings is 2. The molecule has 0 amide bonds. The molecule has 0 saturated heterocycles. The van der Waals surface area contributed by atoms with Crippen molar-refractivity contribution >= 4 is 22.7 Å². The fourth-order valence-corrected chi connectivity index (χ4v) is 2.61. The smallest absolute Gasteiger partial charge is 0.222 e. The highest BCUT2D eigenvalue weighted by Gasteiger charge is 2.09. The fraction of sp³-hybridized carbons (Fsp3) is 0.0588. The molecule has 4 aromatic rings. The minimum atomic E-state index is 0.154. The normalized spacial score (nSPS) is 10.9. The summed E-state index contributed by atoms with van der Waals surface area (Å²) in [6.45, 7) is 0. The number of ether oxygens (including phenoxy) is 1. The Morgan fingerprint density at radius 3 is 2.76 bits per heavy atom. The summed E-state index contributed by atoms with van der Waals surface area (Å²) < 4.78 is 6.92. The van der Waals surface area contributed by atoms with E-state index in [0.29, 0.717) is 17.0 Å². The maximum atomic E-state index is 5.95. The molecule has 0 radical (unpaired) electrons. The number of nitrogens with zero attached hydrogens (tertiary/aromatic N) is 5. The Bertz CT molecular complexity index is 1070. The Hall–Kier alpha value is -3.68. The molecule has 0 aliphatic rings. The highest BCUT2D eigenvalue weighted by molar-refractivity contribution is 5.92. The second-order valence-corrected chi connectivity index (χ2v) is 5.45. The summed E-state index contributed by atoms with van der Waals surface area (Å²) in [4.78, 5) is 8.17. The molecule has 0 fully saturated rings. The zero-order valence-electron chi connectivity index (χ0n) is 13.4. The topological polar surface area (TPSA) is 118 Å². The molecule has 0 saturated carbocycles. The third kappa shape index (κ3) is 2.69. The lowest BCUT2D eigenvalue weighted by atomic mass is 10.1. The summed E-state index contributed by atoms with van der Waals surface area (Å²) in [7, 11) is 1.63. The lowest BCUT2D eigenvalue weighted by Crippen LogP contribution is -2.00. The lowest BCUT2D eigenvalue weighted by molar-refractivity contribution is 0.414. The minimum Gasteiger partial charge on any atom is -0.497 e. The van der Waals surface area contributed by atoms with Gasteiger partial charge in [0.2, 0.25) is 5.95 Å². The van der Waals surface area contributed by atoms with E-state index in [4.69, 9.17) is 16.2 Å². The lowest BCUT2D eigenvalue weighted by Gasteiger charge is -2.04. The van der Waals surface area contributed by atoms with Gasteiger partial charge < -0.3 is 16.2 Å². The van der Waals surface area contributed by atoms with Gasteiger partial charge in [0.05, 0.1) is 24.5 Å². The summed E-state index contributed by atoms with van der Waals surface area (Å²) >= 11 is 0. The molecule has 0 spiro atoms. The molecule has 8 nitrogen and oxygen atoms in total. The van der Waals surface area contributed by atoms with Gasteiger partial charge in [-0.25, -0.2) is 9.67 Å². The SMILES string of the molecule is COc1cccc(-n2cc(-c3ccc4nc(N)nc(N)c4c3)nn2)c1. The summed E-state index contributed by atoms with van der Waals surface area (Å²) in [6, 6.07) is 13.2. The van der Waals surface area contributed by atoms with Crippen LogP contribution in [0.4, 0.5) is 11.8 Å². The van der Waals surface area contributed by atoms with Crippen LogP contribution in [0.15, 0.2) is 48.7 Å². The zero-order chi connectivity index (χ0) is 17.4. The molecule has 25 heavy (non-hydrogen) atoms. The number of nitrogen functional groups attached to an aromatic ring is 2. The number of anilines is 2. The van der Waals surface area contributed by atoms with Crippen molar-refractivity contribution in [3.8, 4) is 22.7 Å². The molecule has 124 valence electrons. The number of hydrogen-bond donors (Lipinski definition) is 2. The predicted molar refractivity (Wildman–Crippen MR) is 95.3 cm³/mol. The average molecular weight is 333 g/mol. The first-order valence-corrected chi connectivity index (χ1v) is 7.54. The van der Waals surface area contributed by atoms with Gasteiger partial charge in [0.1, 0.15) is 17.3 Å². The van der Waals surface area contributed by atoms with E-state index in [2.05, 4.69) is 20.3 Å². The van der Waals surface area contributed by atoms with Crippen molar-refractivity contribution in [2.45, 2.75) is 0 Å². The van der Waals surface area contributed by atoms with E-state index in [-0.39, 0.29) is 5.95 Å². The highest BCUT2D eigenvalue weighted by Crippen LogP contribution is 2.26. The van der Waals surface area contributed by atoms with E-state index in [0.717, 1.165) is 22.4 Å². The van der Waals surface area contributed by atoms with Gasteiger partial charge in [-0.2, -0.15) is 4.98 Å². The van der Waals surface area contributed by atoms with E-state index in [1.54, 1.807) is 11.8 Å². The first kappa shape index (κ1) is 14.9. The molecule has 2 heterocycles. The van der Waals surface area contributed by atoms with Gasteiger partial charge in [-0.3, -0.25) is 0 Å². The van der Waals surface area contributed by atoms with Crippen LogP contribution >= 0.6 is 0 Å². The van der Waals surface area contributed by atoms with E-state index >= 15 is 0 Å². The molecule has 0 aliphatic heterocycles. The third-order valence-electron chi connectivity index (χ3n) is 3.85. The third-order valence-corrected chi connectivity index (χ3v) is 3.85. The van der Waals surface area contributed by atoms with Crippen molar-refractivity contribution in [1.29, 1.82) is 0 Å². The fourth-order valence-electron chi connectivity index (χ4n) is 2.61. The summed E-state index contributed by atoms with van der Waals surface area (Å²) in [5.41, 5.74) is 14.7. The largest absolute Gasteiger partial charge is 0.497 e.